The van der Waals surface area contributed by atoms with Crippen LogP contribution in [-0.4, -0.2) is 37.8 Å². The van der Waals surface area contributed by atoms with Crippen molar-refractivity contribution < 1.29 is 38.7 Å². The van der Waals surface area contributed by atoms with E-state index in [9.17, 15) is 0 Å². The number of hydrogen-bond acceptors (Lipinski definition) is 4. The van der Waals surface area contributed by atoms with Gasteiger partial charge in [-0.25, -0.2) is 0 Å². The summed E-state index contributed by atoms with van der Waals surface area (Å²) in [4.78, 5) is 0. The first kappa shape index (κ1) is 26.4. The van der Waals surface area contributed by atoms with Gasteiger partial charge in [0.25, 0.3) is 0 Å². The minimum Gasteiger partial charge on any atom is -0.693 e. The minimum atomic E-state index is -0.188. The molecule has 2 saturated heterocycles. The van der Waals surface area contributed by atoms with E-state index in [2.05, 4.69) is 0 Å². The predicted molar refractivity (Wildman–Crippen MR) is 84.1 cm³/mol. The van der Waals surface area contributed by atoms with Crippen LogP contribution in [0.15, 0.2) is 0 Å². The smallest absolute Gasteiger partial charge is 0.693 e. The van der Waals surface area contributed by atoms with Gasteiger partial charge in [-0.05, 0) is 55.4 Å². The van der Waals surface area contributed by atoms with Gasteiger partial charge in [0, 0.05) is 0 Å². The first-order valence-electron chi connectivity index (χ1n) is 6.26. The molecule has 0 amide bonds. The molecule has 2 fully saturated rings. The quantitative estimate of drug-likeness (QED) is 0.497. The second kappa shape index (κ2) is 8.41. The van der Waals surface area contributed by atoms with Gasteiger partial charge in [0.05, 0.1) is 22.4 Å². The minimum absolute atomic E-state index is 0. The predicted octanol–water partition coefficient (Wildman–Crippen LogP) is 3.41. The molecule has 2 rings (SSSR count). The molecule has 6 nitrogen and oxygen atoms in total. The van der Waals surface area contributed by atoms with Crippen LogP contribution in [0.5, 0.6) is 0 Å². The van der Waals surface area contributed by atoms with Crippen LogP contribution in [0.1, 0.15) is 55.4 Å². The molecule has 3 radical (unpaired) electrons. The van der Waals surface area contributed by atoms with Crippen molar-refractivity contribution in [2.75, 3.05) is 0 Å². The zero-order valence-corrected chi connectivity index (χ0v) is 16.8. The molecular weight excluding hydrogens is 450 g/mol. The van der Waals surface area contributed by atoms with E-state index < -0.39 is 0 Å². The van der Waals surface area contributed by atoms with Crippen LogP contribution in [-0.2, 0) is 38.7 Å². The van der Waals surface area contributed by atoms with E-state index in [1.165, 1.54) is 15.4 Å². The van der Waals surface area contributed by atoms with E-state index in [0.29, 0.717) is 0 Å². The Kier molecular flexibility index (Phi) is 10.6. The van der Waals surface area contributed by atoms with Crippen LogP contribution in [0.4, 0.5) is 0 Å². The molecule has 21 heavy (non-hydrogen) atoms. The van der Waals surface area contributed by atoms with Crippen molar-refractivity contribution in [3.8, 4) is 0 Å². The van der Waals surface area contributed by atoms with E-state index in [-0.39, 0.29) is 54.8 Å². The Balaban J connectivity index is -0.000000270. The maximum atomic E-state index is 5.21. The summed E-state index contributed by atoms with van der Waals surface area (Å²) >= 11 is 0. The first-order valence-corrected chi connectivity index (χ1v) is 6.26. The van der Waals surface area contributed by atoms with Gasteiger partial charge in [0.2, 0.25) is 0 Å². The Morgan fingerprint density at radius 3 is 0.667 bits per heavy atom. The molecule has 0 aliphatic carbocycles. The molecule has 0 aromatic carbocycles. The third kappa shape index (κ3) is 5.92. The molecule has 0 aromatic heterocycles. The molecular formula is C12H29B2IrN2O4. The van der Waals surface area contributed by atoms with E-state index >= 15 is 0 Å². The summed E-state index contributed by atoms with van der Waals surface area (Å²) in [5.74, 6) is 0. The Hall–Kier alpha value is 0.539. The molecule has 0 saturated carbocycles. The average molecular weight is 479 g/mol. The number of nitrogens with two attached hydrogens (primary N) is 2. The first-order chi connectivity index (χ1) is 7.91. The maximum Gasteiger partial charge on any atom is -0.693 e. The number of rotatable bonds is 0. The van der Waals surface area contributed by atoms with Gasteiger partial charge in [0.15, 0.2) is 0 Å². The van der Waals surface area contributed by atoms with E-state index in [1.54, 1.807) is 0 Å². The summed E-state index contributed by atoms with van der Waals surface area (Å²) in [7, 11) is 2.83. The zero-order valence-electron chi connectivity index (χ0n) is 14.3. The largest absolute Gasteiger partial charge is 0.693 e. The molecule has 4 N–H and O–H groups in total. The summed E-state index contributed by atoms with van der Waals surface area (Å²) < 4.78 is 20.8. The van der Waals surface area contributed by atoms with Crippen LogP contribution >= 0.6 is 0 Å². The van der Waals surface area contributed by atoms with Gasteiger partial charge >= 0.3 is 35.5 Å². The fourth-order valence-corrected chi connectivity index (χ4v) is 1.10. The van der Waals surface area contributed by atoms with Crippen molar-refractivity contribution >= 4 is 15.4 Å². The summed E-state index contributed by atoms with van der Waals surface area (Å²) in [6.45, 7) is 16.1. The Bertz CT molecular complexity index is 258. The topological polar surface area (TPSA) is 104 Å². The summed E-state index contributed by atoms with van der Waals surface area (Å²) in [5.41, 5.74) is -0.750. The van der Waals surface area contributed by atoms with Crippen LogP contribution in [0.25, 0.3) is 12.3 Å². The van der Waals surface area contributed by atoms with Crippen molar-refractivity contribution in [1.29, 1.82) is 0 Å². The Morgan fingerprint density at radius 2 is 0.619 bits per heavy atom. The van der Waals surface area contributed by atoms with Crippen molar-refractivity contribution in [3.05, 3.63) is 12.3 Å². The Morgan fingerprint density at radius 1 is 0.476 bits per heavy atom. The van der Waals surface area contributed by atoms with Crippen LogP contribution in [0, 0.1) is 0 Å². The molecule has 0 atom stereocenters. The summed E-state index contributed by atoms with van der Waals surface area (Å²) in [6, 6.07) is 0. The summed E-state index contributed by atoms with van der Waals surface area (Å²) in [5, 5.41) is 0. The number of hydrogen-bond donors (Lipinski definition) is 0. The van der Waals surface area contributed by atoms with Gasteiger partial charge in [-0.15, -0.1) is 0 Å². The SMILES string of the molecule is CC1(C)O[B]OC1(C)C.CC1(C)O[B]OC1(C)C.[IrH+2].[NH2-].[NH2-]. The van der Waals surface area contributed by atoms with Gasteiger partial charge in [-0.3, -0.25) is 0 Å². The average Bonchev–Trinajstić information content (AvgIpc) is 2.51. The van der Waals surface area contributed by atoms with Gasteiger partial charge in [-0.2, -0.15) is 0 Å². The second-order valence-electron chi connectivity index (χ2n) is 6.71. The third-order valence-corrected chi connectivity index (χ3v) is 4.27. The van der Waals surface area contributed by atoms with Gasteiger partial charge < -0.3 is 30.9 Å². The third-order valence-electron chi connectivity index (χ3n) is 4.27. The molecule has 126 valence electrons. The van der Waals surface area contributed by atoms with Crippen molar-refractivity contribution in [2.45, 2.75) is 77.8 Å². The van der Waals surface area contributed by atoms with Crippen LogP contribution in [0.2, 0.25) is 0 Å². The molecule has 0 unspecified atom stereocenters. The molecule has 9 heteroatoms. The standard InChI is InChI=1S/2C6H12BO2.Ir.2H2N.H/c2*1-5(2)6(3,4)9-7-8-5;;;;/h2*1-4H3;;2*1H2;/q;;+2;2*-1;. The van der Waals surface area contributed by atoms with Crippen molar-refractivity contribution in [3.63, 3.8) is 0 Å². The maximum absolute atomic E-state index is 5.21. The van der Waals surface area contributed by atoms with Crippen LogP contribution in [0.3, 0.4) is 0 Å². The van der Waals surface area contributed by atoms with Crippen molar-refractivity contribution in [1.82, 2.24) is 0 Å². The molecule has 0 bridgehead atoms. The molecule has 2 heterocycles. The van der Waals surface area contributed by atoms with Gasteiger partial charge in [0.1, 0.15) is 0 Å². The Labute approximate surface area is 144 Å². The summed E-state index contributed by atoms with van der Waals surface area (Å²) in [6.07, 6.45) is 0. The van der Waals surface area contributed by atoms with Crippen LogP contribution < -0.4 is 0 Å². The van der Waals surface area contributed by atoms with Crippen molar-refractivity contribution in [2.24, 2.45) is 0 Å². The van der Waals surface area contributed by atoms with E-state index in [4.69, 9.17) is 18.6 Å². The monoisotopic (exact) mass is 480 g/mol. The molecule has 0 aromatic rings. The van der Waals surface area contributed by atoms with E-state index in [1.807, 2.05) is 55.4 Å². The molecule has 2 aliphatic rings. The normalized spacial score (nSPS) is 25.5. The molecule has 0 spiro atoms. The fourth-order valence-electron chi connectivity index (χ4n) is 1.10. The van der Waals surface area contributed by atoms with E-state index in [0.717, 1.165) is 0 Å². The van der Waals surface area contributed by atoms with Gasteiger partial charge in [-0.1, -0.05) is 0 Å². The zero-order chi connectivity index (χ0) is 14.2. The fraction of sp³-hybridized carbons (Fsp3) is 1.00. The molecule has 2 aliphatic heterocycles. The second-order valence-corrected chi connectivity index (χ2v) is 6.71.